The lowest BCUT2D eigenvalue weighted by Crippen LogP contribution is -2.49. The van der Waals surface area contributed by atoms with E-state index in [1.54, 1.807) is 48.1 Å². The highest BCUT2D eigenvalue weighted by Crippen LogP contribution is 2.35. The number of nitrogens with one attached hydrogen (secondary N) is 4. The van der Waals surface area contributed by atoms with Gasteiger partial charge in [-0.25, -0.2) is 15.0 Å². The van der Waals surface area contributed by atoms with Gasteiger partial charge in [-0.05, 0) is 96.4 Å². The molecule has 20 heteroatoms. The van der Waals surface area contributed by atoms with Crippen LogP contribution in [0.25, 0.3) is 11.0 Å². The Bertz CT molecular complexity index is 2710. The summed E-state index contributed by atoms with van der Waals surface area (Å²) in [7, 11) is 2.13. The van der Waals surface area contributed by atoms with Crippen LogP contribution in [-0.4, -0.2) is 144 Å². The number of carbonyl (C=O) groups excluding carboxylic acids is 4. The van der Waals surface area contributed by atoms with E-state index in [0.717, 1.165) is 81.0 Å². The number of rotatable bonds is 20. The molecule has 1 aromatic carbocycles. The molecule has 5 aromatic rings. The second-order valence-electron chi connectivity index (χ2n) is 18.3. The number of aromatic nitrogens is 5. The Hall–Kier alpha value is -6.19. The molecule has 372 valence electrons. The van der Waals surface area contributed by atoms with Crippen LogP contribution in [0, 0.1) is 13.8 Å². The molecule has 3 fully saturated rings. The molecule has 2 saturated heterocycles. The van der Waals surface area contributed by atoms with E-state index in [0.29, 0.717) is 90.1 Å². The number of hydrogen-bond acceptors (Lipinski definition) is 16. The fourth-order valence-corrected chi connectivity index (χ4v) is 10.4. The Morgan fingerprint density at radius 2 is 1.56 bits per heavy atom. The lowest BCUT2D eigenvalue weighted by atomic mass is 9.93. The standard InChI is InChI=1S/C50H64N12O7S/c1-32-39-30-53-49(57-46(39)62(36-9-5-6-10-36)48(67)44(32)33(2)63)55-41-14-13-37(29-52-41)61-23-21-60(22-24-61)31-43(65)51-18-26-69-28-27-68-25-17-42(64)54-40-12-8-7-11-38(40)47(66)58-50-56-45(34(3)70-50)35-15-19-59(4)20-16-35/h7-8,11-14,29-30,35-36H,5-6,9-10,15-28,31H2,1-4H3,(H,51,65)(H,54,64)(H,56,58,66)(H,52,53,55,57). The molecule has 0 unspecified atom stereocenters. The Balaban J connectivity index is 0.688. The van der Waals surface area contributed by atoms with Crippen molar-refractivity contribution in [3.63, 3.8) is 0 Å². The number of likely N-dealkylation sites (tertiary alicyclic amines) is 1. The summed E-state index contributed by atoms with van der Waals surface area (Å²) in [5, 5.41) is 13.1. The van der Waals surface area contributed by atoms with E-state index in [1.807, 2.05) is 19.1 Å². The van der Waals surface area contributed by atoms with Crippen molar-refractivity contribution in [2.45, 2.75) is 77.7 Å². The Kier molecular flexibility index (Phi) is 16.9. The number of thiazole rings is 1. The molecule has 4 aromatic heterocycles. The summed E-state index contributed by atoms with van der Waals surface area (Å²) in [4.78, 5) is 91.3. The molecular formula is C50H64N12O7S. The molecule has 0 bridgehead atoms. The first kappa shape index (κ1) is 50.2. The van der Waals surface area contributed by atoms with Gasteiger partial charge in [0.25, 0.3) is 11.5 Å². The highest BCUT2D eigenvalue weighted by Gasteiger charge is 2.27. The minimum atomic E-state index is -0.331. The van der Waals surface area contributed by atoms with E-state index in [9.17, 15) is 24.0 Å². The number of hydrogen-bond donors (Lipinski definition) is 4. The Morgan fingerprint density at radius 3 is 2.29 bits per heavy atom. The third-order valence-electron chi connectivity index (χ3n) is 13.4. The van der Waals surface area contributed by atoms with Crippen molar-refractivity contribution in [1.29, 1.82) is 0 Å². The van der Waals surface area contributed by atoms with Gasteiger partial charge in [-0.15, -0.1) is 11.3 Å². The average Bonchev–Trinajstić information content (AvgIpc) is 4.01. The molecule has 1 saturated carbocycles. The molecule has 70 heavy (non-hydrogen) atoms. The van der Waals surface area contributed by atoms with Crippen molar-refractivity contribution in [3.8, 4) is 0 Å². The summed E-state index contributed by atoms with van der Waals surface area (Å²) in [5.41, 5.74) is 3.83. The summed E-state index contributed by atoms with van der Waals surface area (Å²) in [6.45, 7) is 12.0. The van der Waals surface area contributed by atoms with Gasteiger partial charge in [0.05, 0.1) is 73.8 Å². The number of piperidine rings is 1. The van der Waals surface area contributed by atoms with Crippen molar-refractivity contribution in [2.24, 2.45) is 0 Å². The van der Waals surface area contributed by atoms with Crippen LogP contribution in [0.1, 0.15) is 101 Å². The summed E-state index contributed by atoms with van der Waals surface area (Å²) in [6.07, 6.45) is 9.47. The van der Waals surface area contributed by atoms with Crippen molar-refractivity contribution < 1.29 is 28.7 Å². The Labute approximate surface area is 411 Å². The molecule has 8 rings (SSSR count). The number of para-hydroxylation sites is 1. The van der Waals surface area contributed by atoms with E-state index in [1.165, 1.54) is 18.3 Å². The average molecular weight is 977 g/mol. The summed E-state index contributed by atoms with van der Waals surface area (Å²) < 4.78 is 12.9. The highest BCUT2D eigenvalue weighted by molar-refractivity contribution is 7.15. The minimum Gasteiger partial charge on any atom is -0.379 e. The van der Waals surface area contributed by atoms with Crippen LogP contribution in [-0.2, 0) is 19.1 Å². The first-order chi connectivity index (χ1) is 33.9. The minimum absolute atomic E-state index is 0.00727. The van der Waals surface area contributed by atoms with Gasteiger partial charge < -0.3 is 35.2 Å². The van der Waals surface area contributed by atoms with Gasteiger partial charge in [-0.3, -0.25) is 38.8 Å². The maximum atomic E-state index is 13.6. The number of fused-ring (bicyclic) bond motifs is 1. The number of pyridine rings is 2. The van der Waals surface area contributed by atoms with Crippen LogP contribution in [0.5, 0.6) is 0 Å². The predicted molar refractivity (Wildman–Crippen MR) is 271 cm³/mol. The maximum Gasteiger partial charge on any atom is 0.263 e. The van der Waals surface area contributed by atoms with Crippen LogP contribution >= 0.6 is 11.3 Å². The van der Waals surface area contributed by atoms with Crippen LogP contribution < -0.4 is 31.7 Å². The topological polar surface area (TPSA) is 218 Å². The van der Waals surface area contributed by atoms with Crippen LogP contribution in [0.4, 0.5) is 28.3 Å². The summed E-state index contributed by atoms with van der Waals surface area (Å²) >= 11 is 1.48. The molecule has 0 radical (unpaired) electrons. The Morgan fingerprint density at radius 1 is 0.814 bits per heavy atom. The maximum absolute atomic E-state index is 13.6. The molecule has 3 aliphatic rings. The van der Waals surface area contributed by atoms with Gasteiger partial charge in [0.2, 0.25) is 17.8 Å². The molecule has 0 spiro atoms. The molecule has 0 atom stereocenters. The number of benzene rings is 1. The van der Waals surface area contributed by atoms with Gasteiger partial charge in [0, 0.05) is 61.1 Å². The quantitative estimate of drug-likeness (QED) is 0.0545. The van der Waals surface area contributed by atoms with Crippen molar-refractivity contribution in [3.05, 3.63) is 86.4 Å². The largest absolute Gasteiger partial charge is 0.379 e. The second kappa shape index (κ2) is 23.6. The zero-order chi connectivity index (χ0) is 49.1. The zero-order valence-electron chi connectivity index (χ0n) is 40.6. The molecule has 6 heterocycles. The van der Waals surface area contributed by atoms with Crippen LogP contribution in [0.3, 0.4) is 0 Å². The van der Waals surface area contributed by atoms with E-state index in [-0.39, 0.29) is 60.2 Å². The second-order valence-corrected chi connectivity index (χ2v) is 19.5. The normalized spacial score (nSPS) is 16.1. The lowest BCUT2D eigenvalue weighted by Gasteiger charge is -2.35. The van der Waals surface area contributed by atoms with Crippen molar-refractivity contribution in [2.75, 3.05) is 107 Å². The molecule has 3 amide bonds. The number of nitrogens with zero attached hydrogens (tertiary/aromatic N) is 8. The molecule has 4 N–H and O–H groups in total. The van der Waals surface area contributed by atoms with Gasteiger partial charge >= 0.3 is 0 Å². The van der Waals surface area contributed by atoms with Gasteiger partial charge in [-0.2, -0.15) is 4.98 Å². The molecule has 2 aliphatic heterocycles. The van der Waals surface area contributed by atoms with Gasteiger partial charge in [0.1, 0.15) is 11.5 Å². The predicted octanol–water partition coefficient (Wildman–Crippen LogP) is 5.68. The third-order valence-corrected chi connectivity index (χ3v) is 14.3. The number of ketones is 1. The van der Waals surface area contributed by atoms with Crippen molar-refractivity contribution >= 4 is 74.1 Å². The first-order valence-electron chi connectivity index (χ1n) is 24.3. The fraction of sp³-hybridized carbons (Fsp3) is 0.500. The number of carbonyl (C=O) groups is 4. The molecule has 19 nitrogen and oxygen atoms in total. The fourth-order valence-electron chi connectivity index (χ4n) is 9.53. The number of anilines is 5. The monoisotopic (exact) mass is 976 g/mol. The first-order valence-corrected chi connectivity index (χ1v) is 25.1. The number of aryl methyl sites for hydroxylation is 2. The van der Waals surface area contributed by atoms with Crippen molar-refractivity contribution in [1.82, 2.24) is 39.6 Å². The highest BCUT2D eigenvalue weighted by atomic mass is 32.1. The zero-order valence-corrected chi connectivity index (χ0v) is 41.4. The van der Waals surface area contributed by atoms with E-state index < -0.39 is 0 Å². The number of Topliss-reactive ketones (excluding diaryl/α,β-unsaturated/α-hetero) is 1. The number of amides is 3. The lowest BCUT2D eigenvalue weighted by molar-refractivity contribution is -0.122. The van der Waals surface area contributed by atoms with E-state index >= 15 is 0 Å². The number of ether oxygens (including phenoxy) is 2. The van der Waals surface area contributed by atoms with E-state index in [2.05, 4.69) is 53.0 Å². The van der Waals surface area contributed by atoms with E-state index in [4.69, 9.17) is 19.4 Å². The van der Waals surface area contributed by atoms with Gasteiger partial charge in [0.15, 0.2) is 10.9 Å². The SMILES string of the molecule is CC(=O)c1c(C)c2cnc(Nc3ccc(N4CCN(CC(=O)NCCOCCOCCC(=O)Nc5ccccc5C(=O)Nc5nc(C6CCN(C)CC6)c(C)s5)CC4)cn3)nc2n(C2CCCC2)c1=O. The van der Waals surface area contributed by atoms with Crippen LogP contribution in [0.2, 0.25) is 0 Å². The summed E-state index contributed by atoms with van der Waals surface area (Å²) in [6, 6.07) is 10.8. The summed E-state index contributed by atoms with van der Waals surface area (Å²) in [5.74, 6) is 0.337. The van der Waals surface area contributed by atoms with Crippen LogP contribution in [0.15, 0.2) is 53.6 Å². The molecular weight excluding hydrogens is 913 g/mol. The van der Waals surface area contributed by atoms with Gasteiger partial charge in [-0.1, -0.05) is 25.0 Å². The third kappa shape index (κ3) is 12.6. The smallest absolute Gasteiger partial charge is 0.263 e. The number of piperazine rings is 1. The molecule has 1 aliphatic carbocycles.